The number of aromatic nitrogens is 4. The van der Waals surface area contributed by atoms with Gasteiger partial charge >= 0.3 is 6.61 Å². The Hall–Kier alpha value is -3.69. The fourth-order valence-corrected chi connectivity index (χ4v) is 4.93. The number of carbonyl (C=O) groups is 1. The number of halogens is 2. The SMILES string of the molecule is Cc1nc2c(cc1-c1ncccn1)CC[C@@]1(CCN(C(=O)[C@@H](C)c3ccnc(OC(F)F)c3)C1)N2. The number of ether oxygens (including phenoxy) is 1. The maximum atomic E-state index is 13.3. The summed E-state index contributed by atoms with van der Waals surface area (Å²) in [6.07, 6.45) is 7.34. The van der Waals surface area contributed by atoms with E-state index in [4.69, 9.17) is 4.98 Å². The van der Waals surface area contributed by atoms with Crippen molar-refractivity contribution in [2.24, 2.45) is 0 Å². The minimum atomic E-state index is -2.96. The lowest BCUT2D eigenvalue weighted by Gasteiger charge is -2.36. The molecule has 8 nitrogen and oxygen atoms in total. The number of likely N-dealkylation sites (tertiary alicyclic amines) is 1. The number of hydrogen-bond acceptors (Lipinski definition) is 7. The number of rotatable bonds is 5. The zero-order valence-corrected chi connectivity index (χ0v) is 19.5. The zero-order valence-electron chi connectivity index (χ0n) is 19.5. The minimum absolute atomic E-state index is 0.0515. The van der Waals surface area contributed by atoms with Gasteiger partial charge in [-0.25, -0.2) is 19.9 Å². The van der Waals surface area contributed by atoms with Crippen molar-refractivity contribution in [2.75, 3.05) is 18.4 Å². The van der Waals surface area contributed by atoms with Gasteiger partial charge in [-0.1, -0.05) is 0 Å². The Morgan fingerprint density at radius 3 is 2.74 bits per heavy atom. The van der Waals surface area contributed by atoms with Crippen LogP contribution in [0.1, 0.15) is 42.5 Å². The fraction of sp³-hybridized carbons (Fsp3) is 0.400. The number of nitrogens with one attached hydrogen (secondary N) is 1. The summed E-state index contributed by atoms with van der Waals surface area (Å²) in [7, 11) is 0. The summed E-state index contributed by atoms with van der Waals surface area (Å²) in [4.78, 5) is 32.4. The second-order valence-corrected chi connectivity index (χ2v) is 9.14. The van der Waals surface area contributed by atoms with E-state index in [9.17, 15) is 13.6 Å². The Morgan fingerprint density at radius 1 is 1.17 bits per heavy atom. The van der Waals surface area contributed by atoms with Crippen LogP contribution in [-0.2, 0) is 11.2 Å². The highest BCUT2D eigenvalue weighted by Gasteiger charge is 2.43. The van der Waals surface area contributed by atoms with Crippen LogP contribution in [0.5, 0.6) is 5.88 Å². The molecule has 5 heterocycles. The first-order chi connectivity index (χ1) is 16.8. The molecule has 2 atom stereocenters. The molecule has 0 aromatic carbocycles. The van der Waals surface area contributed by atoms with Crippen LogP contribution in [0.2, 0.25) is 0 Å². The number of hydrogen-bond donors (Lipinski definition) is 1. The van der Waals surface area contributed by atoms with Gasteiger partial charge in [-0.3, -0.25) is 4.79 Å². The summed E-state index contributed by atoms with van der Waals surface area (Å²) in [5, 5.41) is 3.63. The molecular weight excluding hydrogens is 454 g/mol. The smallest absolute Gasteiger partial charge is 0.388 e. The first kappa shape index (κ1) is 23.1. The molecule has 35 heavy (non-hydrogen) atoms. The largest absolute Gasteiger partial charge is 0.417 e. The van der Waals surface area contributed by atoms with E-state index >= 15 is 0 Å². The van der Waals surface area contributed by atoms with Crippen LogP contribution in [0.25, 0.3) is 11.4 Å². The first-order valence-corrected chi connectivity index (χ1v) is 11.6. The minimum Gasteiger partial charge on any atom is -0.417 e. The van der Waals surface area contributed by atoms with Crippen molar-refractivity contribution >= 4 is 11.7 Å². The molecule has 2 aliphatic rings. The van der Waals surface area contributed by atoms with Gasteiger partial charge in [0.1, 0.15) is 5.82 Å². The Bertz CT molecular complexity index is 1240. The Balaban J connectivity index is 1.30. The van der Waals surface area contributed by atoms with E-state index in [0.29, 0.717) is 24.5 Å². The van der Waals surface area contributed by atoms with Crippen molar-refractivity contribution in [3.63, 3.8) is 0 Å². The number of nitrogens with zero attached hydrogens (tertiary/aromatic N) is 5. The third-order valence-corrected chi connectivity index (χ3v) is 6.86. The summed E-state index contributed by atoms with van der Waals surface area (Å²) in [6.45, 7) is 1.94. The van der Waals surface area contributed by atoms with Gasteiger partial charge in [0.2, 0.25) is 11.8 Å². The van der Waals surface area contributed by atoms with Crippen molar-refractivity contribution in [3.8, 4) is 17.3 Å². The molecule has 1 spiro atoms. The van der Waals surface area contributed by atoms with E-state index < -0.39 is 12.5 Å². The average Bonchev–Trinajstić information content (AvgIpc) is 3.26. The summed E-state index contributed by atoms with van der Waals surface area (Å²) < 4.78 is 29.5. The van der Waals surface area contributed by atoms with Crippen LogP contribution in [0, 0.1) is 6.92 Å². The molecule has 0 unspecified atom stereocenters. The zero-order chi connectivity index (χ0) is 24.6. The fourth-order valence-electron chi connectivity index (χ4n) is 4.93. The van der Waals surface area contributed by atoms with Crippen LogP contribution in [0.15, 0.2) is 42.9 Å². The van der Waals surface area contributed by atoms with Gasteiger partial charge in [-0.15, -0.1) is 0 Å². The Kier molecular flexibility index (Phi) is 6.04. The van der Waals surface area contributed by atoms with Gasteiger partial charge in [0, 0.05) is 43.3 Å². The van der Waals surface area contributed by atoms with Gasteiger partial charge in [-0.05, 0) is 62.4 Å². The molecule has 0 saturated carbocycles. The van der Waals surface area contributed by atoms with E-state index in [1.54, 1.807) is 31.5 Å². The van der Waals surface area contributed by atoms with E-state index in [1.165, 1.54) is 12.3 Å². The predicted molar refractivity (Wildman–Crippen MR) is 125 cm³/mol. The molecule has 0 bridgehead atoms. The first-order valence-electron chi connectivity index (χ1n) is 11.6. The maximum Gasteiger partial charge on any atom is 0.388 e. The molecule has 2 aliphatic heterocycles. The Morgan fingerprint density at radius 2 is 1.97 bits per heavy atom. The van der Waals surface area contributed by atoms with Crippen molar-refractivity contribution in [1.29, 1.82) is 0 Å². The van der Waals surface area contributed by atoms with Crippen LogP contribution in [-0.4, -0.2) is 56.0 Å². The third kappa shape index (κ3) is 4.65. The molecule has 182 valence electrons. The maximum absolute atomic E-state index is 13.3. The molecule has 1 N–H and O–H groups in total. The van der Waals surface area contributed by atoms with Gasteiger partial charge in [-0.2, -0.15) is 8.78 Å². The van der Waals surface area contributed by atoms with Crippen molar-refractivity contribution in [1.82, 2.24) is 24.8 Å². The number of anilines is 1. The lowest BCUT2D eigenvalue weighted by Crippen LogP contribution is -2.46. The number of fused-ring (bicyclic) bond motifs is 1. The third-order valence-electron chi connectivity index (χ3n) is 6.86. The molecule has 1 fully saturated rings. The molecule has 10 heteroatoms. The van der Waals surface area contributed by atoms with Gasteiger partial charge < -0.3 is 15.0 Å². The predicted octanol–water partition coefficient (Wildman–Crippen LogP) is 3.98. The van der Waals surface area contributed by atoms with Gasteiger partial charge in [0.25, 0.3) is 0 Å². The normalized spacial score (nSPS) is 20.0. The second kappa shape index (κ2) is 9.16. The quantitative estimate of drug-likeness (QED) is 0.591. The molecule has 1 saturated heterocycles. The molecule has 3 aromatic heterocycles. The molecule has 5 rings (SSSR count). The lowest BCUT2D eigenvalue weighted by atomic mass is 9.86. The van der Waals surface area contributed by atoms with Crippen molar-refractivity contribution in [2.45, 2.75) is 51.2 Å². The molecular formula is C25H26F2N6O2. The van der Waals surface area contributed by atoms with Gasteiger partial charge in [0.05, 0.1) is 17.2 Å². The summed E-state index contributed by atoms with van der Waals surface area (Å²) in [5.41, 5.74) is 3.24. The Labute approximate surface area is 201 Å². The number of pyridine rings is 2. The number of alkyl halides is 2. The van der Waals surface area contributed by atoms with Crippen LogP contribution in [0.4, 0.5) is 14.6 Å². The van der Waals surface area contributed by atoms with E-state index in [-0.39, 0.29) is 17.3 Å². The molecule has 0 aliphatic carbocycles. The molecule has 0 radical (unpaired) electrons. The molecule has 3 aromatic rings. The average molecular weight is 481 g/mol. The summed E-state index contributed by atoms with van der Waals surface area (Å²) in [6, 6.07) is 6.95. The topological polar surface area (TPSA) is 93.1 Å². The number of amides is 1. The van der Waals surface area contributed by atoms with Gasteiger partial charge in [0.15, 0.2) is 5.82 Å². The van der Waals surface area contributed by atoms with Crippen molar-refractivity contribution in [3.05, 3.63) is 59.7 Å². The second-order valence-electron chi connectivity index (χ2n) is 9.14. The summed E-state index contributed by atoms with van der Waals surface area (Å²) in [5.74, 6) is 0.758. The standard InChI is InChI=1S/C25H26F2N6O2/c1-15(17-5-10-28-20(13-17)35-24(26)27)23(34)33-11-7-25(14-33)6-4-18-12-19(16(2)31-21(18)32-25)22-29-8-3-9-30-22/h3,5,8-10,12-13,15,24H,4,6-7,11,14H2,1-2H3,(H,31,32)/t15-,25-/m0/s1. The van der Waals surface area contributed by atoms with Crippen LogP contribution in [0.3, 0.4) is 0 Å². The lowest BCUT2D eigenvalue weighted by molar-refractivity contribution is -0.131. The highest BCUT2D eigenvalue weighted by Crippen LogP contribution is 2.38. The summed E-state index contributed by atoms with van der Waals surface area (Å²) >= 11 is 0. The number of aryl methyl sites for hydroxylation is 2. The molecule has 1 amide bonds. The van der Waals surface area contributed by atoms with Crippen LogP contribution >= 0.6 is 0 Å². The monoisotopic (exact) mass is 480 g/mol. The van der Waals surface area contributed by atoms with Crippen molar-refractivity contribution < 1.29 is 18.3 Å². The van der Waals surface area contributed by atoms with E-state index in [0.717, 1.165) is 41.9 Å². The highest BCUT2D eigenvalue weighted by molar-refractivity contribution is 5.84. The van der Waals surface area contributed by atoms with Crippen LogP contribution < -0.4 is 10.1 Å². The number of carbonyl (C=O) groups excluding carboxylic acids is 1. The van der Waals surface area contributed by atoms with E-state index in [1.807, 2.05) is 11.8 Å². The van der Waals surface area contributed by atoms with E-state index in [2.05, 4.69) is 31.1 Å². The highest BCUT2D eigenvalue weighted by atomic mass is 19.3.